The Morgan fingerprint density at radius 3 is 2.39 bits per heavy atom. The summed E-state index contributed by atoms with van der Waals surface area (Å²) >= 11 is 0. The Morgan fingerprint density at radius 1 is 0.968 bits per heavy atom. The zero-order valence-electron chi connectivity index (χ0n) is 34.0. The molecule has 23 heteroatoms. The lowest BCUT2D eigenvalue weighted by Crippen LogP contribution is -2.67. The van der Waals surface area contributed by atoms with Gasteiger partial charge in [-0.1, -0.05) is 26.0 Å². The van der Waals surface area contributed by atoms with Crippen LogP contribution in [0, 0.1) is 5.92 Å². The van der Waals surface area contributed by atoms with Gasteiger partial charge in [-0.05, 0) is 43.4 Å². The zero-order valence-corrected chi connectivity index (χ0v) is 34.0. The molecule has 3 aromatic rings. The quantitative estimate of drug-likeness (QED) is 0.0732. The standard InChI is InChI=1S/C39H49N11O12/c1-19(2)28(46-25(52)12-14-50-26(53)10-11-27(50)54)37(59)44-20(3)35(57)45-22-8-6-21(7-9-22)16-61-39(60)49-13-4-5-23(49)36(58)47-29-24(15-51)62-38(32(56)31(29)55)48-34-30-33(41-17-40-30)42-18-43-34/h6-11,17-20,23-24,28-29,31-32,38,51,55-56H,4-5,12-16H2,1-3H3,(H,44,59)(H,45,57)(H,46,52)(H,47,58)(H2,40,41,42,43,48)/t20-,23+,24-,28-,29-,31+,32?,38+/m0/s1. The molecule has 9 N–H and O–H groups in total. The van der Waals surface area contributed by atoms with E-state index in [4.69, 9.17) is 9.47 Å². The molecule has 23 nitrogen and oxygen atoms in total. The number of imide groups is 1. The number of carbonyl (C=O) groups is 7. The minimum atomic E-state index is -1.59. The maximum atomic E-state index is 13.5. The molecule has 3 aliphatic heterocycles. The Balaban J connectivity index is 0.948. The topological polar surface area (TPSA) is 320 Å². The molecule has 2 aromatic heterocycles. The Morgan fingerprint density at radius 2 is 1.69 bits per heavy atom. The predicted octanol–water partition coefficient (Wildman–Crippen LogP) is -1.61. The van der Waals surface area contributed by atoms with Gasteiger partial charge < -0.3 is 56.4 Å². The van der Waals surface area contributed by atoms with Crippen molar-refractivity contribution in [3.63, 3.8) is 0 Å². The highest BCUT2D eigenvalue weighted by Crippen LogP contribution is 2.26. The SMILES string of the molecule is CC(C)[C@H](NC(=O)CCN1C(=O)C=CC1=O)C(=O)N[C@@H](C)C(=O)Nc1ccc(COC(=O)N2CCC[C@@H]2C(=O)N[C@H]2[C@H](CO)O[C@@H](Nc3ncnc4nc[nH]c34)C(O)[C@@H]2O)cc1. The van der Waals surface area contributed by atoms with E-state index in [2.05, 4.69) is 46.5 Å². The number of amides is 7. The molecule has 1 unspecified atom stereocenters. The van der Waals surface area contributed by atoms with Crippen LogP contribution in [0.2, 0.25) is 0 Å². The van der Waals surface area contributed by atoms with Crippen LogP contribution >= 0.6 is 0 Å². The number of aliphatic hydroxyl groups is 3. The molecule has 3 aliphatic rings. The van der Waals surface area contributed by atoms with Crippen LogP contribution in [0.5, 0.6) is 0 Å². The van der Waals surface area contributed by atoms with Crippen LogP contribution in [0.15, 0.2) is 49.1 Å². The average molecular weight is 864 g/mol. The van der Waals surface area contributed by atoms with Crippen LogP contribution in [0.3, 0.4) is 0 Å². The van der Waals surface area contributed by atoms with Gasteiger partial charge in [0.15, 0.2) is 17.7 Å². The smallest absolute Gasteiger partial charge is 0.410 e. The minimum absolute atomic E-state index is 0.144. The Hall–Kier alpha value is -6.56. The number of rotatable bonds is 16. The van der Waals surface area contributed by atoms with E-state index >= 15 is 0 Å². The summed E-state index contributed by atoms with van der Waals surface area (Å²) < 4.78 is 11.3. The summed E-state index contributed by atoms with van der Waals surface area (Å²) in [4.78, 5) is 106. The summed E-state index contributed by atoms with van der Waals surface area (Å²) in [6.45, 7) is 4.16. The number of H-pyrrole nitrogens is 1. The van der Waals surface area contributed by atoms with Gasteiger partial charge in [-0.3, -0.25) is 38.6 Å². The number of aromatic nitrogens is 4. The Kier molecular flexibility index (Phi) is 14.4. The summed E-state index contributed by atoms with van der Waals surface area (Å²) in [5.74, 6) is -3.52. The van der Waals surface area contributed by atoms with Gasteiger partial charge in [0.05, 0.1) is 19.0 Å². The van der Waals surface area contributed by atoms with E-state index in [-0.39, 0.29) is 37.9 Å². The summed E-state index contributed by atoms with van der Waals surface area (Å²) in [7, 11) is 0. The number of hydrogen-bond acceptors (Lipinski definition) is 16. The fourth-order valence-corrected chi connectivity index (χ4v) is 7.12. The monoisotopic (exact) mass is 863 g/mol. The average Bonchev–Trinajstić information content (AvgIpc) is 4.02. The molecule has 1 aromatic carbocycles. The van der Waals surface area contributed by atoms with Crippen molar-refractivity contribution in [1.82, 2.24) is 45.7 Å². The minimum Gasteiger partial charge on any atom is -0.445 e. The molecule has 7 amide bonds. The molecule has 2 fully saturated rings. The maximum Gasteiger partial charge on any atom is 0.410 e. The first-order chi connectivity index (χ1) is 29.6. The predicted molar refractivity (Wildman–Crippen MR) is 215 cm³/mol. The van der Waals surface area contributed by atoms with Gasteiger partial charge in [0.25, 0.3) is 11.8 Å². The van der Waals surface area contributed by atoms with Crippen LogP contribution in [-0.4, -0.2) is 155 Å². The van der Waals surface area contributed by atoms with Crippen LogP contribution in [0.4, 0.5) is 16.3 Å². The molecule has 0 bridgehead atoms. The summed E-state index contributed by atoms with van der Waals surface area (Å²) in [6.07, 6.45) is -0.869. The number of carbonyl (C=O) groups excluding carboxylic acids is 7. The van der Waals surface area contributed by atoms with Crippen molar-refractivity contribution < 1.29 is 58.4 Å². The van der Waals surface area contributed by atoms with E-state index in [0.29, 0.717) is 35.3 Å². The molecule has 5 heterocycles. The highest BCUT2D eigenvalue weighted by atomic mass is 16.6. The highest BCUT2D eigenvalue weighted by Gasteiger charge is 2.47. The van der Waals surface area contributed by atoms with E-state index in [1.807, 2.05) is 0 Å². The molecule has 6 rings (SSSR count). The van der Waals surface area contributed by atoms with Gasteiger partial charge in [0.1, 0.15) is 54.9 Å². The summed E-state index contributed by atoms with van der Waals surface area (Å²) in [5, 5.41) is 45.5. The molecule has 0 spiro atoms. The number of likely N-dealkylation sites (tertiary alicyclic amines) is 1. The zero-order chi connectivity index (χ0) is 44.7. The van der Waals surface area contributed by atoms with Crippen molar-refractivity contribution in [2.45, 2.75) is 95.3 Å². The fraction of sp³-hybridized carbons (Fsp3) is 0.487. The molecule has 332 valence electrons. The first-order valence-corrected chi connectivity index (χ1v) is 19.9. The molecule has 62 heavy (non-hydrogen) atoms. The molecule has 0 saturated carbocycles. The lowest BCUT2D eigenvalue weighted by Gasteiger charge is -2.43. The molecular weight excluding hydrogens is 814 g/mol. The van der Waals surface area contributed by atoms with E-state index < -0.39 is 96.9 Å². The van der Waals surface area contributed by atoms with Crippen molar-refractivity contribution >= 4 is 64.2 Å². The largest absolute Gasteiger partial charge is 0.445 e. The second-order valence-electron chi connectivity index (χ2n) is 15.3. The highest BCUT2D eigenvalue weighted by molar-refractivity contribution is 6.13. The van der Waals surface area contributed by atoms with Gasteiger partial charge in [0, 0.05) is 37.3 Å². The van der Waals surface area contributed by atoms with E-state index in [0.717, 1.165) is 17.1 Å². The third-order valence-corrected chi connectivity index (χ3v) is 10.6. The number of benzene rings is 1. The van der Waals surface area contributed by atoms with Crippen molar-refractivity contribution in [1.29, 1.82) is 0 Å². The van der Waals surface area contributed by atoms with Gasteiger partial charge in [0.2, 0.25) is 23.6 Å². The van der Waals surface area contributed by atoms with Crippen molar-refractivity contribution in [2.75, 3.05) is 30.3 Å². The van der Waals surface area contributed by atoms with Gasteiger partial charge in [-0.15, -0.1) is 0 Å². The van der Waals surface area contributed by atoms with Crippen molar-refractivity contribution in [2.24, 2.45) is 5.92 Å². The second-order valence-corrected chi connectivity index (χ2v) is 15.3. The number of fused-ring (bicyclic) bond motifs is 1. The van der Waals surface area contributed by atoms with Crippen LogP contribution in [0.25, 0.3) is 11.2 Å². The van der Waals surface area contributed by atoms with E-state index in [1.165, 1.54) is 24.5 Å². The fourth-order valence-electron chi connectivity index (χ4n) is 7.12. The number of hydrogen-bond donors (Lipinski definition) is 9. The van der Waals surface area contributed by atoms with Gasteiger partial charge >= 0.3 is 6.09 Å². The van der Waals surface area contributed by atoms with E-state index in [9.17, 15) is 48.9 Å². The van der Waals surface area contributed by atoms with E-state index in [1.54, 1.807) is 38.1 Å². The first kappa shape index (κ1) is 45.0. The molecular formula is C39H49N11O12. The van der Waals surface area contributed by atoms with Crippen LogP contribution < -0.4 is 26.6 Å². The number of anilines is 2. The number of aliphatic hydroxyl groups excluding tert-OH is 3. The van der Waals surface area contributed by atoms with Crippen LogP contribution in [-0.2, 0) is 44.8 Å². The lowest BCUT2D eigenvalue weighted by molar-refractivity contribution is -0.185. The first-order valence-electron chi connectivity index (χ1n) is 19.9. The number of imidazole rings is 1. The number of ether oxygens (including phenoxy) is 2. The molecule has 8 atom stereocenters. The molecule has 0 aliphatic carbocycles. The third-order valence-electron chi connectivity index (χ3n) is 10.6. The molecule has 2 saturated heterocycles. The second kappa shape index (κ2) is 19.9. The normalized spacial score (nSPS) is 23.3. The Labute approximate surface area is 354 Å². The van der Waals surface area contributed by atoms with Crippen molar-refractivity contribution in [3.05, 3.63) is 54.6 Å². The van der Waals surface area contributed by atoms with Gasteiger partial charge in [-0.2, -0.15) is 0 Å². The molecule has 0 radical (unpaired) electrons. The Bertz CT molecular complexity index is 2160. The van der Waals surface area contributed by atoms with Crippen LogP contribution in [0.1, 0.15) is 45.6 Å². The van der Waals surface area contributed by atoms with Crippen molar-refractivity contribution in [3.8, 4) is 0 Å². The number of nitrogens with one attached hydrogen (secondary N) is 6. The maximum absolute atomic E-state index is 13.5. The number of nitrogens with zero attached hydrogens (tertiary/aromatic N) is 5. The van der Waals surface area contributed by atoms with Gasteiger partial charge in [-0.25, -0.2) is 19.7 Å². The lowest BCUT2D eigenvalue weighted by atomic mass is 9.95. The summed E-state index contributed by atoms with van der Waals surface area (Å²) in [5.41, 5.74) is 1.71. The summed E-state index contributed by atoms with van der Waals surface area (Å²) in [6, 6.07) is 2.14. The third kappa shape index (κ3) is 10.5. The number of aromatic amines is 1.